The predicted octanol–water partition coefficient (Wildman–Crippen LogP) is 5.22. The minimum absolute atomic E-state index is 0.0904. The molecule has 0 N–H and O–H groups in total. The van der Waals surface area contributed by atoms with Gasteiger partial charge in [0.05, 0.1) is 0 Å². The molecule has 0 aliphatic heterocycles. The number of alkyl halides is 4. The molecule has 2 unspecified atom stereocenters. The molecule has 0 aliphatic carbocycles. The number of halogens is 4. The standard InChI is InChI=1S/C17H14F4O3/c18-9-15(20)11-1-5-13(6-2-11)23-17(22)24-14-7-3-12(4-8-14)16(21)10-19/h1-8,15-16H,9-10H2. The summed E-state index contributed by atoms with van der Waals surface area (Å²) < 4.78 is 60.4. The molecule has 128 valence electrons. The first-order valence-electron chi connectivity index (χ1n) is 7.03. The first-order chi connectivity index (χ1) is 11.5. The first-order valence-corrected chi connectivity index (χ1v) is 7.03. The molecule has 0 radical (unpaired) electrons. The van der Waals surface area contributed by atoms with Crippen molar-refractivity contribution < 1.29 is 31.8 Å². The highest BCUT2D eigenvalue weighted by Crippen LogP contribution is 2.23. The normalized spacial score (nSPS) is 13.2. The van der Waals surface area contributed by atoms with Gasteiger partial charge >= 0.3 is 6.16 Å². The molecule has 0 saturated heterocycles. The smallest absolute Gasteiger partial charge is 0.395 e. The Morgan fingerprint density at radius 3 is 1.38 bits per heavy atom. The van der Waals surface area contributed by atoms with Gasteiger partial charge in [0, 0.05) is 0 Å². The summed E-state index contributed by atoms with van der Waals surface area (Å²) in [4.78, 5) is 11.6. The Balaban J connectivity index is 1.93. The summed E-state index contributed by atoms with van der Waals surface area (Å²) >= 11 is 0. The maximum absolute atomic E-state index is 13.1. The SMILES string of the molecule is O=C(Oc1ccc(C(F)CF)cc1)Oc1ccc(C(F)CF)cc1. The van der Waals surface area contributed by atoms with Crippen LogP contribution in [0.1, 0.15) is 23.5 Å². The summed E-state index contributed by atoms with van der Waals surface area (Å²) in [6.07, 6.45) is -4.51. The van der Waals surface area contributed by atoms with E-state index >= 15 is 0 Å². The number of rotatable bonds is 6. The topological polar surface area (TPSA) is 35.5 Å². The number of carbonyl (C=O) groups excluding carboxylic acids is 1. The highest BCUT2D eigenvalue weighted by molar-refractivity contribution is 5.67. The van der Waals surface area contributed by atoms with Crippen molar-refractivity contribution >= 4 is 6.16 Å². The molecule has 0 saturated carbocycles. The highest BCUT2D eigenvalue weighted by Gasteiger charge is 2.13. The molecule has 2 atom stereocenters. The van der Waals surface area contributed by atoms with Crippen LogP contribution in [0, 0.1) is 0 Å². The second kappa shape index (κ2) is 8.33. The molecule has 2 rings (SSSR count). The van der Waals surface area contributed by atoms with Gasteiger partial charge in [0.2, 0.25) is 0 Å². The van der Waals surface area contributed by atoms with Crippen LogP contribution in [0.25, 0.3) is 0 Å². The molecule has 0 bridgehead atoms. The Morgan fingerprint density at radius 1 is 0.750 bits per heavy atom. The minimum Gasteiger partial charge on any atom is -0.395 e. The van der Waals surface area contributed by atoms with Crippen LogP contribution >= 0.6 is 0 Å². The van der Waals surface area contributed by atoms with E-state index in [1.54, 1.807) is 0 Å². The third kappa shape index (κ3) is 4.71. The predicted molar refractivity (Wildman–Crippen MR) is 79.2 cm³/mol. The Morgan fingerprint density at radius 2 is 1.08 bits per heavy atom. The monoisotopic (exact) mass is 342 g/mol. The van der Waals surface area contributed by atoms with Gasteiger partial charge in [-0.1, -0.05) is 24.3 Å². The van der Waals surface area contributed by atoms with Gasteiger partial charge in [0.1, 0.15) is 24.8 Å². The van der Waals surface area contributed by atoms with Crippen molar-refractivity contribution in [2.45, 2.75) is 12.3 Å². The Labute approximate surface area is 135 Å². The van der Waals surface area contributed by atoms with Gasteiger partial charge in [-0.3, -0.25) is 0 Å². The van der Waals surface area contributed by atoms with E-state index in [1.165, 1.54) is 48.5 Å². The number of hydrogen-bond acceptors (Lipinski definition) is 3. The number of ether oxygens (including phenoxy) is 2. The fourth-order valence-electron chi connectivity index (χ4n) is 1.88. The van der Waals surface area contributed by atoms with Gasteiger partial charge < -0.3 is 9.47 Å². The second-order valence-electron chi connectivity index (χ2n) is 4.84. The van der Waals surface area contributed by atoms with Gasteiger partial charge in [0.15, 0.2) is 12.3 Å². The van der Waals surface area contributed by atoms with E-state index < -0.39 is 31.8 Å². The molecule has 24 heavy (non-hydrogen) atoms. The molecule has 7 heteroatoms. The van der Waals surface area contributed by atoms with Crippen molar-refractivity contribution in [3.8, 4) is 11.5 Å². The molecule has 0 aliphatic rings. The van der Waals surface area contributed by atoms with Crippen molar-refractivity contribution in [2.75, 3.05) is 13.3 Å². The summed E-state index contributed by atoms with van der Waals surface area (Å²) in [5.41, 5.74) is 0.255. The number of hydrogen-bond donors (Lipinski definition) is 0. The van der Waals surface area contributed by atoms with Crippen molar-refractivity contribution in [3.63, 3.8) is 0 Å². The molecule has 2 aromatic rings. The molecule has 3 nitrogen and oxygen atoms in total. The Hall–Kier alpha value is -2.57. The van der Waals surface area contributed by atoms with E-state index in [9.17, 15) is 22.4 Å². The van der Waals surface area contributed by atoms with E-state index in [0.717, 1.165) is 0 Å². The maximum atomic E-state index is 13.1. The quantitative estimate of drug-likeness (QED) is 0.410. The molecule has 0 fully saturated rings. The van der Waals surface area contributed by atoms with Gasteiger partial charge in [-0.15, -0.1) is 0 Å². The molecule has 0 heterocycles. The van der Waals surface area contributed by atoms with Crippen LogP contribution in [0.15, 0.2) is 48.5 Å². The van der Waals surface area contributed by atoms with Crippen LogP contribution in [-0.2, 0) is 0 Å². The molecule has 0 amide bonds. The third-order valence-electron chi connectivity index (χ3n) is 3.16. The van der Waals surface area contributed by atoms with E-state index in [1.807, 2.05) is 0 Å². The van der Waals surface area contributed by atoms with Crippen LogP contribution in [0.3, 0.4) is 0 Å². The molecule has 0 spiro atoms. The summed E-state index contributed by atoms with van der Waals surface area (Å²) in [5, 5.41) is 0. The molecule has 2 aromatic carbocycles. The molecular formula is C17H14F4O3. The zero-order valence-electron chi connectivity index (χ0n) is 12.4. The highest BCUT2D eigenvalue weighted by atomic mass is 19.2. The third-order valence-corrected chi connectivity index (χ3v) is 3.16. The van der Waals surface area contributed by atoms with Gasteiger partial charge in [0.25, 0.3) is 0 Å². The summed E-state index contributed by atoms with van der Waals surface area (Å²) in [6.45, 7) is -2.28. The second-order valence-corrected chi connectivity index (χ2v) is 4.84. The van der Waals surface area contributed by atoms with Gasteiger partial charge in [-0.25, -0.2) is 22.4 Å². The summed E-state index contributed by atoms with van der Waals surface area (Å²) in [6, 6.07) is 10.4. The lowest BCUT2D eigenvalue weighted by atomic mass is 10.1. The number of benzene rings is 2. The van der Waals surface area contributed by atoms with E-state index in [-0.39, 0.29) is 22.6 Å². The average Bonchev–Trinajstić information content (AvgIpc) is 2.61. The minimum atomic E-state index is -1.73. The lowest BCUT2D eigenvalue weighted by molar-refractivity contribution is 0.152. The van der Waals surface area contributed by atoms with Gasteiger partial charge in [-0.05, 0) is 35.4 Å². The number of carbonyl (C=O) groups is 1. The van der Waals surface area contributed by atoms with Gasteiger partial charge in [-0.2, -0.15) is 0 Å². The molecule has 0 aromatic heterocycles. The Bertz CT molecular complexity index is 601. The van der Waals surface area contributed by atoms with Crippen molar-refractivity contribution in [1.82, 2.24) is 0 Å². The van der Waals surface area contributed by atoms with Crippen molar-refractivity contribution in [2.24, 2.45) is 0 Å². The van der Waals surface area contributed by atoms with Crippen molar-refractivity contribution in [3.05, 3.63) is 59.7 Å². The van der Waals surface area contributed by atoms with Crippen LogP contribution in [0.5, 0.6) is 11.5 Å². The van der Waals surface area contributed by atoms with Crippen LogP contribution < -0.4 is 9.47 Å². The lowest BCUT2D eigenvalue weighted by Gasteiger charge is -2.08. The zero-order chi connectivity index (χ0) is 17.5. The summed E-state index contributed by atoms with van der Waals surface area (Å²) in [7, 11) is 0. The van der Waals surface area contributed by atoms with Crippen LogP contribution in [0.4, 0.5) is 22.4 Å². The Kier molecular flexibility index (Phi) is 6.17. The van der Waals surface area contributed by atoms with Crippen LogP contribution in [-0.4, -0.2) is 19.5 Å². The molecular weight excluding hydrogens is 328 g/mol. The zero-order valence-corrected chi connectivity index (χ0v) is 12.4. The first kappa shape index (κ1) is 17.8. The average molecular weight is 342 g/mol. The fraction of sp³-hybridized carbons (Fsp3) is 0.235. The maximum Gasteiger partial charge on any atom is 0.519 e. The van der Waals surface area contributed by atoms with E-state index in [4.69, 9.17) is 9.47 Å². The lowest BCUT2D eigenvalue weighted by Crippen LogP contribution is -2.13. The van der Waals surface area contributed by atoms with Crippen molar-refractivity contribution in [1.29, 1.82) is 0 Å². The van der Waals surface area contributed by atoms with E-state index in [0.29, 0.717) is 0 Å². The largest absolute Gasteiger partial charge is 0.519 e. The fourth-order valence-corrected chi connectivity index (χ4v) is 1.88. The van der Waals surface area contributed by atoms with E-state index in [2.05, 4.69) is 0 Å². The van der Waals surface area contributed by atoms with Crippen LogP contribution in [0.2, 0.25) is 0 Å². The summed E-state index contributed by atoms with van der Waals surface area (Å²) in [5.74, 6) is 0.181.